The van der Waals surface area contributed by atoms with Gasteiger partial charge in [-0.1, -0.05) is 42.5 Å². The molecular weight excluding hydrogens is 753 g/mol. The molecule has 6 bridgehead atoms. The highest BCUT2D eigenvalue weighted by atomic mass is 16.6. The van der Waals surface area contributed by atoms with E-state index in [9.17, 15) is 14.4 Å². The summed E-state index contributed by atoms with van der Waals surface area (Å²) in [5.41, 5.74) is 5.30. The number of hydrogen-bond acceptors (Lipinski definition) is 11. The molecule has 1 fully saturated rings. The summed E-state index contributed by atoms with van der Waals surface area (Å²) < 4.78 is 23.7. The highest BCUT2D eigenvalue weighted by Gasteiger charge is 2.26. The van der Waals surface area contributed by atoms with Gasteiger partial charge >= 0.3 is 12.1 Å². The summed E-state index contributed by atoms with van der Waals surface area (Å²) >= 11 is 0. The van der Waals surface area contributed by atoms with Gasteiger partial charge in [0, 0.05) is 56.7 Å². The van der Waals surface area contributed by atoms with Crippen molar-refractivity contribution in [3.63, 3.8) is 0 Å². The average molecular weight is 807 g/mol. The molecule has 6 rings (SSSR count). The molecule has 15 heteroatoms. The number of amides is 4. The summed E-state index contributed by atoms with van der Waals surface area (Å²) in [5, 5.41) is 5.59. The number of fused-ring (bicyclic) bond motifs is 6. The van der Waals surface area contributed by atoms with E-state index in [4.69, 9.17) is 28.9 Å². The molecule has 59 heavy (non-hydrogen) atoms. The molecule has 0 atom stereocenters. The number of likely N-dealkylation sites (tertiary alicyclic amines) is 1. The minimum Gasteiger partial charge on any atom is -0.492 e. The van der Waals surface area contributed by atoms with Crippen molar-refractivity contribution in [2.75, 3.05) is 85.5 Å². The lowest BCUT2D eigenvalue weighted by molar-refractivity contribution is -0.115. The summed E-state index contributed by atoms with van der Waals surface area (Å²) in [6.07, 6.45) is 9.25. The van der Waals surface area contributed by atoms with Gasteiger partial charge in [-0.3, -0.25) is 9.69 Å². The lowest BCUT2D eigenvalue weighted by atomic mass is 10.1. The van der Waals surface area contributed by atoms with E-state index in [1.54, 1.807) is 57.7 Å². The van der Waals surface area contributed by atoms with Crippen molar-refractivity contribution in [1.29, 1.82) is 0 Å². The van der Waals surface area contributed by atoms with Crippen molar-refractivity contribution < 1.29 is 33.3 Å². The van der Waals surface area contributed by atoms with Crippen molar-refractivity contribution in [3.05, 3.63) is 113 Å². The molecule has 1 saturated heterocycles. The fourth-order valence-electron chi connectivity index (χ4n) is 6.51. The summed E-state index contributed by atoms with van der Waals surface area (Å²) in [7, 11) is 4.98. The molecule has 312 valence electrons. The highest BCUT2D eigenvalue weighted by molar-refractivity contribution is 6.18. The van der Waals surface area contributed by atoms with Crippen LogP contribution in [0.4, 0.5) is 21.0 Å². The standard InChI is InChI=1S/C44H54N8O7/c1-45-29-41(53)46-37-13-11-33(12-14-37)31-59-44(55)50(3)22-21-49(2)43(54)52-20-17-39-35-10-8-9-34(27-35)30-56-24-6-7-25-57-32-36-28-38(47-42(52)48-39)15-16-40(36)58-26-23-51-18-4-5-19-51/h6-17,20,27-28,45H,4-5,18-19,21-26,29-32H2,1-3H3,(H,46,53)/b7-6+,47-42?. The first-order valence-electron chi connectivity index (χ1n) is 19.9. The third-order valence-electron chi connectivity index (χ3n) is 9.85. The molecule has 3 aromatic carbocycles. The Balaban J connectivity index is 1.15. The van der Waals surface area contributed by atoms with Gasteiger partial charge in [-0.25, -0.2) is 24.5 Å². The Morgan fingerprint density at radius 3 is 2.42 bits per heavy atom. The fraction of sp³-hybridized carbons (Fsp3) is 0.386. The number of ether oxygens (including phenoxy) is 4. The number of nitrogens with one attached hydrogen (secondary N) is 2. The predicted octanol–water partition coefficient (Wildman–Crippen LogP) is 5.55. The number of nitrogens with zero attached hydrogens (tertiary/aromatic N) is 6. The first-order valence-corrected chi connectivity index (χ1v) is 19.9. The Kier molecular flexibility index (Phi) is 15.8. The molecule has 0 aromatic heterocycles. The monoisotopic (exact) mass is 806 g/mol. The smallest absolute Gasteiger partial charge is 0.409 e. The zero-order valence-electron chi connectivity index (χ0n) is 34.1. The van der Waals surface area contributed by atoms with Gasteiger partial charge in [-0.05, 0) is 86.6 Å². The van der Waals surface area contributed by atoms with Crippen LogP contribution in [0.25, 0.3) is 0 Å². The number of benzene rings is 3. The molecule has 3 aromatic rings. The molecule has 0 unspecified atom stereocenters. The number of anilines is 1. The Labute approximate surface area is 346 Å². The molecular formula is C44H54N8O7. The van der Waals surface area contributed by atoms with E-state index in [-0.39, 0.29) is 44.1 Å². The summed E-state index contributed by atoms with van der Waals surface area (Å²) in [6.45, 7) is 5.85. The summed E-state index contributed by atoms with van der Waals surface area (Å²) in [5.74, 6) is 0.748. The Bertz CT molecular complexity index is 2030. The van der Waals surface area contributed by atoms with Crippen molar-refractivity contribution in [1.82, 2.24) is 24.9 Å². The molecule has 0 aliphatic carbocycles. The van der Waals surface area contributed by atoms with E-state index in [0.29, 0.717) is 50.1 Å². The van der Waals surface area contributed by atoms with Gasteiger partial charge in [0.25, 0.3) is 0 Å². The van der Waals surface area contributed by atoms with Gasteiger partial charge < -0.3 is 39.4 Å². The van der Waals surface area contributed by atoms with Gasteiger partial charge in [0.1, 0.15) is 19.0 Å². The number of carbonyl (C=O) groups is 3. The van der Waals surface area contributed by atoms with Crippen LogP contribution >= 0.6 is 0 Å². The van der Waals surface area contributed by atoms with Crippen LogP contribution in [-0.2, 0) is 38.8 Å². The fourth-order valence-corrected chi connectivity index (χ4v) is 6.51. The second kappa shape index (κ2) is 21.8. The molecule has 3 heterocycles. The predicted molar refractivity (Wildman–Crippen MR) is 227 cm³/mol. The van der Waals surface area contributed by atoms with Gasteiger partial charge in [0.05, 0.1) is 44.4 Å². The third kappa shape index (κ3) is 12.8. The van der Waals surface area contributed by atoms with Crippen LogP contribution in [0.5, 0.6) is 5.75 Å². The van der Waals surface area contributed by atoms with Crippen molar-refractivity contribution in [2.24, 2.45) is 9.98 Å². The number of allylic oxidation sites excluding steroid dienone is 1. The summed E-state index contributed by atoms with van der Waals surface area (Å²) in [4.78, 5) is 55.3. The van der Waals surface area contributed by atoms with E-state index in [1.807, 2.05) is 54.6 Å². The van der Waals surface area contributed by atoms with Crippen LogP contribution in [0.15, 0.2) is 101 Å². The topological polar surface area (TPSA) is 150 Å². The van der Waals surface area contributed by atoms with Crippen molar-refractivity contribution >= 4 is 41.1 Å². The molecule has 3 aliphatic heterocycles. The number of urea groups is 1. The number of aliphatic imine (C=N–C) groups is 2. The zero-order valence-corrected chi connectivity index (χ0v) is 34.1. The van der Waals surface area contributed by atoms with Crippen LogP contribution in [-0.4, -0.2) is 130 Å². The lowest BCUT2D eigenvalue weighted by Gasteiger charge is -2.28. The highest BCUT2D eigenvalue weighted by Crippen LogP contribution is 2.27. The number of carbonyl (C=O) groups excluding carboxylic acids is 3. The lowest BCUT2D eigenvalue weighted by Crippen LogP contribution is -2.45. The molecule has 2 N–H and O–H groups in total. The first-order chi connectivity index (χ1) is 28.7. The molecule has 4 amide bonds. The van der Waals surface area contributed by atoms with Gasteiger partial charge in [0.2, 0.25) is 11.9 Å². The van der Waals surface area contributed by atoms with E-state index in [1.165, 1.54) is 27.5 Å². The van der Waals surface area contributed by atoms with Gasteiger partial charge in [0.15, 0.2) is 0 Å². The van der Waals surface area contributed by atoms with Crippen LogP contribution < -0.4 is 15.4 Å². The normalized spacial score (nSPS) is 16.2. The number of likely N-dealkylation sites (N-methyl/N-ethyl adjacent to an activating group) is 3. The van der Waals surface area contributed by atoms with Crippen molar-refractivity contribution in [2.45, 2.75) is 32.7 Å². The average Bonchev–Trinajstić information content (AvgIpc) is 3.77. The number of guanidine groups is 1. The SMILES string of the molecule is CNCC(=O)Nc1ccc(COC(=O)N(C)CCN(C)C(=O)N2C=CC3=NC2=Nc2ccc(OCCN4CCCC4)c(c2)COC/C=C/COCc2cccc3c2)cc1. The maximum absolute atomic E-state index is 14.1. The van der Waals surface area contributed by atoms with Crippen LogP contribution in [0, 0.1) is 0 Å². The Morgan fingerprint density at radius 1 is 0.881 bits per heavy atom. The van der Waals surface area contributed by atoms with E-state index in [0.717, 1.165) is 47.6 Å². The van der Waals surface area contributed by atoms with Gasteiger partial charge in [-0.2, -0.15) is 0 Å². The maximum atomic E-state index is 14.1. The summed E-state index contributed by atoms with van der Waals surface area (Å²) in [6, 6.07) is 20.3. The van der Waals surface area contributed by atoms with E-state index < -0.39 is 6.09 Å². The Morgan fingerprint density at radius 2 is 1.64 bits per heavy atom. The largest absolute Gasteiger partial charge is 0.492 e. The second-order valence-corrected chi connectivity index (χ2v) is 14.4. The van der Waals surface area contributed by atoms with Crippen LogP contribution in [0.1, 0.15) is 35.1 Å². The van der Waals surface area contributed by atoms with Crippen molar-refractivity contribution in [3.8, 4) is 5.75 Å². The van der Waals surface area contributed by atoms with Crippen LogP contribution in [0.3, 0.4) is 0 Å². The molecule has 3 aliphatic rings. The zero-order chi connectivity index (χ0) is 41.4. The third-order valence-corrected chi connectivity index (χ3v) is 9.85. The first kappa shape index (κ1) is 42.7. The molecule has 0 spiro atoms. The van der Waals surface area contributed by atoms with Gasteiger partial charge in [-0.15, -0.1) is 0 Å². The number of hydrogen-bond donors (Lipinski definition) is 2. The van der Waals surface area contributed by atoms with E-state index in [2.05, 4.69) is 15.5 Å². The second-order valence-electron chi connectivity index (χ2n) is 14.4. The Hall–Kier alpha value is -5.87. The number of rotatable bonds is 12. The molecule has 0 radical (unpaired) electrons. The maximum Gasteiger partial charge on any atom is 0.409 e. The van der Waals surface area contributed by atoms with E-state index >= 15 is 0 Å². The molecule has 0 saturated carbocycles. The molecule has 15 nitrogen and oxygen atoms in total. The quantitative estimate of drug-likeness (QED) is 0.225. The minimum atomic E-state index is -0.537. The van der Waals surface area contributed by atoms with Crippen LogP contribution in [0.2, 0.25) is 0 Å². The minimum absolute atomic E-state index is 0.0496.